The number of aromatic nitrogens is 3. The van der Waals surface area contributed by atoms with E-state index in [1.54, 1.807) is 11.4 Å². The summed E-state index contributed by atoms with van der Waals surface area (Å²) in [6.07, 6.45) is 1.48. The quantitative estimate of drug-likeness (QED) is 0.651. The molecule has 0 fully saturated rings. The molecule has 2 rings (SSSR count). The molecule has 0 unspecified atom stereocenters. The van der Waals surface area contributed by atoms with E-state index < -0.39 is 0 Å². The number of aryl methyl sites for hydroxylation is 1. The van der Waals surface area contributed by atoms with E-state index in [1.165, 1.54) is 17.7 Å². The molecule has 0 aromatic carbocycles. The molecule has 4 nitrogen and oxygen atoms in total. The van der Waals surface area contributed by atoms with Crippen LogP contribution in [-0.2, 0) is 0 Å². The van der Waals surface area contributed by atoms with Gasteiger partial charge in [-0.25, -0.2) is 4.98 Å². The Kier molecular flexibility index (Phi) is 3.28. The van der Waals surface area contributed by atoms with Crippen molar-refractivity contribution < 1.29 is 5.11 Å². The zero-order chi connectivity index (χ0) is 8.81. The number of nitrogens with zero attached hydrogens (tertiary/aromatic N) is 2. The Morgan fingerprint density at radius 3 is 2.58 bits per heavy atom. The SMILES string of the molecule is Cc1ncn[nH]1.Oc1ccsc1. The smallest absolute Gasteiger partial charge is 0.137 e. The predicted octanol–water partition coefficient (Wildman–Crippen LogP) is 1.57. The van der Waals surface area contributed by atoms with Gasteiger partial charge in [-0.1, -0.05) is 0 Å². The summed E-state index contributed by atoms with van der Waals surface area (Å²) in [4.78, 5) is 3.75. The molecule has 0 bridgehead atoms. The van der Waals surface area contributed by atoms with E-state index in [0.29, 0.717) is 5.75 Å². The van der Waals surface area contributed by atoms with Crippen molar-refractivity contribution in [3.8, 4) is 5.75 Å². The van der Waals surface area contributed by atoms with E-state index in [1.807, 2.05) is 12.3 Å². The van der Waals surface area contributed by atoms with E-state index in [9.17, 15) is 0 Å². The first kappa shape index (κ1) is 8.73. The van der Waals surface area contributed by atoms with Crippen molar-refractivity contribution in [1.82, 2.24) is 15.2 Å². The average molecular weight is 183 g/mol. The van der Waals surface area contributed by atoms with Gasteiger partial charge in [-0.05, 0) is 18.4 Å². The van der Waals surface area contributed by atoms with Gasteiger partial charge in [0.05, 0.1) is 0 Å². The lowest BCUT2D eigenvalue weighted by Crippen LogP contribution is -1.68. The zero-order valence-electron chi connectivity index (χ0n) is 6.56. The maximum absolute atomic E-state index is 8.48. The number of nitrogens with one attached hydrogen (secondary N) is 1. The molecular weight excluding hydrogens is 174 g/mol. The van der Waals surface area contributed by atoms with Gasteiger partial charge in [0.25, 0.3) is 0 Å². The van der Waals surface area contributed by atoms with Crippen molar-refractivity contribution in [1.29, 1.82) is 0 Å². The first-order valence-electron chi connectivity index (χ1n) is 3.32. The highest BCUT2D eigenvalue weighted by atomic mass is 32.1. The third kappa shape index (κ3) is 3.16. The fourth-order valence-electron chi connectivity index (χ4n) is 0.524. The monoisotopic (exact) mass is 183 g/mol. The number of hydrogen-bond donors (Lipinski definition) is 2. The molecule has 12 heavy (non-hydrogen) atoms. The van der Waals surface area contributed by atoms with Gasteiger partial charge in [0.2, 0.25) is 0 Å². The minimum Gasteiger partial charge on any atom is -0.507 e. The first-order valence-corrected chi connectivity index (χ1v) is 4.26. The first-order chi connectivity index (χ1) is 5.79. The van der Waals surface area contributed by atoms with Crippen molar-refractivity contribution in [2.45, 2.75) is 6.92 Å². The lowest BCUT2D eigenvalue weighted by molar-refractivity contribution is 0.478. The van der Waals surface area contributed by atoms with E-state index in [4.69, 9.17) is 5.11 Å². The molecule has 0 aliphatic carbocycles. The van der Waals surface area contributed by atoms with Crippen LogP contribution in [0.15, 0.2) is 23.2 Å². The summed E-state index contributed by atoms with van der Waals surface area (Å²) in [7, 11) is 0. The molecule has 5 heteroatoms. The van der Waals surface area contributed by atoms with Crippen molar-refractivity contribution >= 4 is 11.3 Å². The van der Waals surface area contributed by atoms with Gasteiger partial charge < -0.3 is 5.11 Å². The normalized spacial score (nSPS) is 8.75. The van der Waals surface area contributed by atoms with Crippen LogP contribution in [0.3, 0.4) is 0 Å². The van der Waals surface area contributed by atoms with Crippen LogP contribution >= 0.6 is 11.3 Å². The molecule has 2 aromatic rings. The molecule has 0 aliphatic heterocycles. The predicted molar refractivity (Wildman–Crippen MR) is 47.1 cm³/mol. The summed E-state index contributed by atoms with van der Waals surface area (Å²) in [6, 6.07) is 1.66. The summed E-state index contributed by atoms with van der Waals surface area (Å²) >= 11 is 1.49. The van der Waals surface area contributed by atoms with Crippen molar-refractivity contribution in [3.63, 3.8) is 0 Å². The van der Waals surface area contributed by atoms with Crippen LogP contribution < -0.4 is 0 Å². The number of hydrogen-bond acceptors (Lipinski definition) is 4. The third-order valence-electron chi connectivity index (χ3n) is 1.04. The zero-order valence-corrected chi connectivity index (χ0v) is 7.38. The fraction of sp³-hybridized carbons (Fsp3) is 0.143. The summed E-state index contributed by atoms with van der Waals surface area (Å²) in [5.74, 6) is 1.22. The molecule has 0 amide bonds. The summed E-state index contributed by atoms with van der Waals surface area (Å²) in [5, 5.41) is 18.2. The lowest BCUT2D eigenvalue weighted by Gasteiger charge is -1.67. The molecule has 0 radical (unpaired) electrons. The Bertz CT molecular complexity index is 258. The Morgan fingerprint density at radius 1 is 1.58 bits per heavy atom. The van der Waals surface area contributed by atoms with Crippen molar-refractivity contribution in [2.24, 2.45) is 0 Å². The number of rotatable bonds is 0. The van der Waals surface area contributed by atoms with E-state index in [0.717, 1.165) is 5.82 Å². The van der Waals surface area contributed by atoms with Gasteiger partial charge in [0.15, 0.2) is 0 Å². The second-order valence-electron chi connectivity index (χ2n) is 2.05. The number of H-pyrrole nitrogens is 1. The molecule has 0 spiro atoms. The van der Waals surface area contributed by atoms with Crippen LogP contribution in [0, 0.1) is 6.92 Å². The van der Waals surface area contributed by atoms with Gasteiger partial charge in [0.1, 0.15) is 17.9 Å². The van der Waals surface area contributed by atoms with E-state index in [2.05, 4.69) is 15.2 Å². The molecule has 0 saturated heterocycles. The molecule has 0 saturated carbocycles. The lowest BCUT2D eigenvalue weighted by atomic mass is 10.6. The minimum absolute atomic E-state index is 0.361. The highest BCUT2D eigenvalue weighted by Gasteiger charge is 1.77. The largest absolute Gasteiger partial charge is 0.507 e. The van der Waals surface area contributed by atoms with Gasteiger partial charge >= 0.3 is 0 Å². The number of aromatic amines is 1. The van der Waals surface area contributed by atoms with Crippen LogP contribution in [0.5, 0.6) is 5.75 Å². The maximum atomic E-state index is 8.48. The third-order valence-corrected chi connectivity index (χ3v) is 1.71. The fourth-order valence-corrected chi connectivity index (χ4v) is 1.04. The Morgan fingerprint density at radius 2 is 2.42 bits per heavy atom. The second-order valence-corrected chi connectivity index (χ2v) is 2.83. The topological polar surface area (TPSA) is 61.8 Å². The van der Waals surface area contributed by atoms with E-state index >= 15 is 0 Å². The van der Waals surface area contributed by atoms with Crippen LogP contribution in [0.4, 0.5) is 0 Å². The second kappa shape index (κ2) is 4.50. The molecule has 2 N–H and O–H groups in total. The van der Waals surface area contributed by atoms with Gasteiger partial charge in [-0.3, -0.25) is 5.10 Å². The molecule has 64 valence electrons. The molecular formula is C7H9N3OS. The summed E-state index contributed by atoms with van der Waals surface area (Å²) in [6.45, 7) is 1.85. The number of aromatic hydroxyl groups is 1. The Balaban J connectivity index is 0.000000120. The molecule has 0 atom stereocenters. The molecule has 0 aliphatic rings. The van der Waals surface area contributed by atoms with Crippen molar-refractivity contribution in [3.05, 3.63) is 29.0 Å². The van der Waals surface area contributed by atoms with Crippen LogP contribution in [-0.4, -0.2) is 20.3 Å². The Labute approximate surface area is 73.9 Å². The molecule has 2 aromatic heterocycles. The minimum atomic E-state index is 0.361. The van der Waals surface area contributed by atoms with Crippen LogP contribution in [0.25, 0.3) is 0 Å². The van der Waals surface area contributed by atoms with Crippen LogP contribution in [0.2, 0.25) is 0 Å². The summed E-state index contributed by atoms with van der Waals surface area (Å²) < 4.78 is 0. The van der Waals surface area contributed by atoms with Crippen molar-refractivity contribution in [2.75, 3.05) is 0 Å². The van der Waals surface area contributed by atoms with Crippen LogP contribution in [0.1, 0.15) is 5.82 Å². The standard InChI is InChI=1S/C4H4OS.C3H5N3/c5-4-1-2-6-3-4;1-3-4-2-5-6-3/h1-3,5H;2H,1H3,(H,4,5,6). The highest BCUT2D eigenvalue weighted by molar-refractivity contribution is 7.08. The number of thiophene rings is 1. The van der Waals surface area contributed by atoms with Gasteiger partial charge in [-0.2, -0.15) is 5.10 Å². The maximum Gasteiger partial charge on any atom is 0.137 e. The van der Waals surface area contributed by atoms with E-state index in [-0.39, 0.29) is 0 Å². The van der Waals surface area contributed by atoms with Gasteiger partial charge in [0, 0.05) is 5.38 Å². The average Bonchev–Trinajstić information content (AvgIpc) is 2.63. The molecule has 2 heterocycles. The highest BCUT2D eigenvalue weighted by Crippen LogP contribution is 2.10. The summed E-state index contributed by atoms with van der Waals surface area (Å²) in [5.41, 5.74) is 0. The Hall–Kier alpha value is -1.36. The van der Waals surface area contributed by atoms with Gasteiger partial charge in [-0.15, -0.1) is 11.3 Å².